The van der Waals surface area contributed by atoms with Crippen molar-refractivity contribution in [2.45, 2.75) is 20.8 Å². The van der Waals surface area contributed by atoms with Gasteiger partial charge >= 0.3 is 0 Å². The van der Waals surface area contributed by atoms with Gasteiger partial charge in [-0.3, -0.25) is 0 Å². The molecule has 0 aliphatic heterocycles. The lowest BCUT2D eigenvalue weighted by atomic mass is 10.2. The second-order valence-electron chi connectivity index (χ2n) is 3.61. The lowest BCUT2D eigenvalue weighted by molar-refractivity contribution is 0.406. The van der Waals surface area contributed by atoms with E-state index >= 15 is 0 Å². The maximum absolute atomic E-state index is 13.4. The number of aryl methyl sites for hydroxylation is 1. The Morgan fingerprint density at radius 2 is 1.32 bits per heavy atom. The molecule has 0 heterocycles. The van der Waals surface area contributed by atoms with Gasteiger partial charge in [-0.15, -0.1) is 0 Å². The van der Waals surface area contributed by atoms with Crippen LogP contribution in [0.25, 0.3) is 0 Å². The minimum atomic E-state index is -0.785. The van der Waals surface area contributed by atoms with Gasteiger partial charge in [-0.05, 0) is 48.9 Å². The Morgan fingerprint density at radius 1 is 0.842 bits per heavy atom. The highest BCUT2D eigenvalue weighted by molar-refractivity contribution is 5.35. The second-order valence-corrected chi connectivity index (χ2v) is 3.61. The highest BCUT2D eigenvalue weighted by atomic mass is 19.1. The predicted molar refractivity (Wildman–Crippen MR) is 68.9 cm³/mol. The molecule has 2 aromatic rings. The molecule has 0 saturated carbocycles. The molecule has 0 unspecified atom stereocenters. The molecule has 0 spiro atoms. The summed E-state index contributed by atoms with van der Waals surface area (Å²) in [7, 11) is 0. The van der Waals surface area contributed by atoms with Gasteiger partial charge < -0.3 is 4.74 Å². The molecule has 0 N–H and O–H groups in total. The third kappa shape index (κ3) is 4.02. The maximum Gasteiger partial charge on any atom is 0.198 e. The molecular formula is C15H15F3O. The summed E-state index contributed by atoms with van der Waals surface area (Å²) in [5, 5.41) is 0. The summed E-state index contributed by atoms with van der Waals surface area (Å²) < 4.78 is 44.5. The van der Waals surface area contributed by atoms with E-state index in [0.29, 0.717) is 5.56 Å². The van der Waals surface area contributed by atoms with Gasteiger partial charge in [-0.2, -0.15) is 0 Å². The van der Waals surface area contributed by atoms with E-state index in [2.05, 4.69) is 0 Å². The molecule has 102 valence electrons. The monoisotopic (exact) mass is 268 g/mol. The van der Waals surface area contributed by atoms with Crippen LogP contribution >= 0.6 is 0 Å². The fraction of sp³-hybridized carbons (Fsp3) is 0.200. The molecule has 0 amide bonds. The van der Waals surface area contributed by atoms with Gasteiger partial charge in [0, 0.05) is 0 Å². The molecule has 0 fully saturated rings. The Labute approximate surface area is 110 Å². The van der Waals surface area contributed by atoms with Crippen LogP contribution in [0.1, 0.15) is 19.4 Å². The number of hydrogen-bond acceptors (Lipinski definition) is 1. The number of hydrogen-bond donors (Lipinski definition) is 0. The highest BCUT2D eigenvalue weighted by Gasteiger charge is 2.12. The first-order valence-electron chi connectivity index (χ1n) is 5.95. The zero-order valence-corrected chi connectivity index (χ0v) is 11.0. The fourth-order valence-electron chi connectivity index (χ4n) is 1.40. The molecule has 0 aliphatic rings. The van der Waals surface area contributed by atoms with E-state index in [0.717, 1.165) is 12.1 Å². The molecule has 0 aliphatic carbocycles. The third-order valence-electron chi connectivity index (χ3n) is 2.18. The van der Waals surface area contributed by atoms with E-state index in [1.165, 1.54) is 24.3 Å². The van der Waals surface area contributed by atoms with Crippen molar-refractivity contribution in [3.8, 4) is 11.5 Å². The van der Waals surface area contributed by atoms with Crippen molar-refractivity contribution >= 4 is 0 Å². The van der Waals surface area contributed by atoms with Gasteiger partial charge in [0.1, 0.15) is 11.6 Å². The summed E-state index contributed by atoms with van der Waals surface area (Å²) in [6, 6.07) is 7.24. The number of benzene rings is 2. The first kappa shape index (κ1) is 15.1. The lowest BCUT2D eigenvalue weighted by Crippen LogP contribution is -1.93. The molecule has 0 aromatic heterocycles. The van der Waals surface area contributed by atoms with Crippen LogP contribution in [0, 0.1) is 24.4 Å². The van der Waals surface area contributed by atoms with Crippen molar-refractivity contribution in [2.75, 3.05) is 0 Å². The maximum atomic E-state index is 13.4. The summed E-state index contributed by atoms with van der Waals surface area (Å²) in [5.41, 5.74) is 0.464. The van der Waals surface area contributed by atoms with Crippen molar-refractivity contribution < 1.29 is 17.9 Å². The van der Waals surface area contributed by atoms with E-state index in [1.807, 2.05) is 13.8 Å². The van der Waals surface area contributed by atoms with Crippen LogP contribution in [0.5, 0.6) is 11.5 Å². The predicted octanol–water partition coefficient (Wildman–Crippen LogP) is 5.23. The topological polar surface area (TPSA) is 9.23 Å². The smallest absolute Gasteiger partial charge is 0.198 e. The summed E-state index contributed by atoms with van der Waals surface area (Å²) >= 11 is 0. The van der Waals surface area contributed by atoms with Gasteiger partial charge in [0.05, 0.1) is 0 Å². The van der Waals surface area contributed by atoms with Crippen molar-refractivity contribution in [3.05, 3.63) is 59.4 Å². The molecule has 0 bridgehead atoms. The van der Waals surface area contributed by atoms with Gasteiger partial charge in [0.25, 0.3) is 0 Å². The standard InChI is InChI=1S/C13H9F3O.C2H6/c1-8-6-11(15)13(12(16)7-8)17-10-4-2-9(14)3-5-10;1-2/h2-7H,1H3;1-2H3. The summed E-state index contributed by atoms with van der Waals surface area (Å²) in [6.07, 6.45) is 0. The Bertz CT molecular complexity index is 513. The number of ether oxygens (including phenoxy) is 1. The van der Waals surface area contributed by atoms with Gasteiger partial charge in [0.15, 0.2) is 17.4 Å². The molecule has 0 saturated heterocycles. The Hall–Kier alpha value is -1.97. The van der Waals surface area contributed by atoms with Crippen LogP contribution < -0.4 is 4.74 Å². The average molecular weight is 268 g/mol. The Balaban J connectivity index is 0.000000861. The Morgan fingerprint density at radius 3 is 1.79 bits per heavy atom. The van der Waals surface area contributed by atoms with Crippen molar-refractivity contribution in [1.29, 1.82) is 0 Å². The molecule has 4 heteroatoms. The molecular weight excluding hydrogens is 253 g/mol. The van der Waals surface area contributed by atoms with Crippen LogP contribution in [-0.4, -0.2) is 0 Å². The van der Waals surface area contributed by atoms with Crippen LogP contribution in [0.2, 0.25) is 0 Å². The second kappa shape index (κ2) is 6.83. The first-order valence-corrected chi connectivity index (χ1v) is 5.95. The number of halogens is 3. The largest absolute Gasteiger partial charge is 0.451 e. The van der Waals surface area contributed by atoms with Gasteiger partial charge in [0.2, 0.25) is 0 Å². The molecule has 19 heavy (non-hydrogen) atoms. The minimum Gasteiger partial charge on any atom is -0.451 e. The van der Waals surface area contributed by atoms with Gasteiger partial charge in [-0.25, -0.2) is 13.2 Å². The van der Waals surface area contributed by atoms with Crippen molar-refractivity contribution in [1.82, 2.24) is 0 Å². The quantitative estimate of drug-likeness (QED) is 0.724. The van der Waals surface area contributed by atoms with Crippen LogP contribution in [0.3, 0.4) is 0 Å². The molecule has 2 rings (SSSR count). The van der Waals surface area contributed by atoms with E-state index in [-0.39, 0.29) is 5.75 Å². The highest BCUT2D eigenvalue weighted by Crippen LogP contribution is 2.28. The first-order chi connectivity index (χ1) is 9.06. The van der Waals surface area contributed by atoms with E-state index in [4.69, 9.17) is 4.74 Å². The molecule has 1 nitrogen and oxygen atoms in total. The molecule has 2 aromatic carbocycles. The van der Waals surface area contributed by atoms with Crippen molar-refractivity contribution in [2.24, 2.45) is 0 Å². The van der Waals surface area contributed by atoms with E-state index in [1.54, 1.807) is 6.92 Å². The van der Waals surface area contributed by atoms with Crippen molar-refractivity contribution in [3.63, 3.8) is 0 Å². The summed E-state index contributed by atoms with van der Waals surface area (Å²) in [5.74, 6) is -2.32. The number of rotatable bonds is 2. The van der Waals surface area contributed by atoms with Crippen LogP contribution in [0.4, 0.5) is 13.2 Å². The van der Waals surface area contributed by atoms with E-state index in [9.17, 15) is 13.2 Å². The SMILES string of the molecule is CC.Cc1cc(F)c(Oc2ccc(F)cc2)c(F)c1. The summed E-state index contributed by atoms with van der Waals surface area (Å²) in [6.45, 7) is 5.58. The van der Waals surface area contributed by atoms with E-state index < -0.39 is 23.2 Å². The molecule has 0 atom stereocenters. The zero-order chi connectivity index (χ0) is 14.4. The Kier molecular flexibility index (Phi) is 5.42. The average Bonchev–Trinajstić information content (AvgIpc) is 2.38. The fourth-order valence-corrected chi connectivity index (χ4v) is 1.40. The minimum absolute atomic E-state index is 0.174. The van der Waals surface area contributed by atoms with Crippen LogP contribution in [0.15, 0.2) is 36.4 Å². The third-order valence-corrected chi connectivity index (χ3v) is 2.18. The lowest BCUT2D eigenvalue weighted by Gasteiger charge is -2.08. The normalized spacial score (nSPS) is 9.58. The van der Waals surface area contributed by atoms with Gasteiger partial charge in [-0.1, -0.05) is 13.8 Å². The van der Waals surface area contributed by atoms with Crippen LogP contribution in [-0.2, 0) is 0 Å². The molecule has 0 radical (unpaired) electrons. The summed E-state index contributed by atoms with van der Waals surface area (Å²) in [4.78, 5) is 0. The zero-order valence-electron chi connectivity index (χ0n) is 11.0.